The molecule has 7 nitrogen and oxygen atoms in total. The van der Waals surface area contributed by atoms with Crippen molar-refractivity contribution in [2.45, 2.75) is 44.7 Å². The van der Waals surface area contributed by atoms with Crippen LogP contribution >= 0.6 is 0 Å². The molecule has 28 heavy (non-hydrogen) atoms. The quantitative estimate of drug-likeness (QED) is 0.704. The van der Waals surface area contributed by atoms with Gasteiger partial charge in [-0.15, -0.1) is 0 Å². The van der Waals surface area contributed by atoms with E-state index in [2.05, 4.69) is 15.5 Å². The second-order valence-corrected chi connectivity index (χ2v) is 7.27. The van der Waals surface area contributed by atoms with Crippen LogP contribution in [0.3, 0.4) is 0 Å². The van der Waals surface area contributed by atoms with Crippen LogP contribution in [0.4, 0.5) is 4.79 Å². The van der Waals surface area contributed by atoms with Crippen LogP contribution < -0.4 is 15.4 Å². The number of nitrogens with one attached hydrogen (secondary N) is 2. The molecule has 0 saturated heterocycles. The highest BCUT2D eigenvalue weighted by atomic mass is 16.5. The summed E-state index contributed by atoms with van der Waals surface area (Å²) in [5.41, 5.74) is 1.87. The van der Waals surface area contributed by atoms with Gasteiger partial charge in [0.1, 0.15) is 5.75 Å². The van der Waals surface area contributed by atoms with Gasteiger partial charge in [-0.05, 0) is 44.5 Å². The van der Waals surface area contributed by atoms with Crippen LogP contribution in [-0.2, 0) is 9.53 Å². The number of ether oxygens (including phenoxy) is 2. The maximum atomic E-state index is 12.8. The van der Waals surface area contributed by atoms with Gasteiger partial charge in [0.15, 0.2) is 0 Å². The van der Waals surface area contributed by atoms with Gasteiger partial charge in [0, 0.05) is 18.3 Å². The number of likely N-dealkylation sites (N-methyl/N-ethyl adjacent to an activating group) is 1. The molecule has 1 saturated carbocycles. The predicted octanol–water partition coefficient (Wildman–Crippen LogP) is 2.74. The number of nitrogens with zero attached hydrogens (tertiary/aromatic N) is 1. The highest BCUT2D eigenvalue weighted by molar-refractivity contribution is 5.95. The molecule has 2 amide bonds. The summed E-state index contributed by atoms with van der Waals surface area (Å²) in [6.45, 7) is 2.55. The molecule has 1 aromatic rings. The highest BCUT2D eigenvalue weighted by Gasteiger charge is 2.34. The van der Waals surface area contributed by atoms with E-state index >= 15 is 0 Å². The van der Waals surface area contributed by atoms with E-state index in [0.717, 1.165) is 18.4 Å². The molecule has 2 aliphatic rings. The monoisotopic (exact) mass is 387 g/mol. The first-order chi connectivity index (χ1) is 13.5. The SMILES string of the molecule is CCOC(=O)C1=C(CN(C)C2CCCC2)NC(=O)NC1c1ccc(OC)cc1. The summed E-state index contributed by atoms with van der Waals surface area (Å²) in [5, 5.41) is 5.71. The van der Waals surface area contributed by atoms with E-state index in [9.17, 15) is 9.59 Å². The Morgan fingerprint density at radius 1 is 1.21 bits per heavy atom. The number of benzene rings is 1. The first-order valence-corrected chi connectivity index (χ1v) is 9.85. The van der Waals surface area contributed by atoms with Gasteiger partial charge in [0.25, 0.3) is 0 Å². The molecule has 0 bridgehead atoms. The van der Waals surface area contributed by atoms with E-state index in [1.165, 1.54) is 12.8 Å². The number of hydrogen-bond donors (Lipinski definition) is 2. The molecule has 7 heteroatoms. The van der Waals surface area contributed by atoms with Crippen molar-refractivity contribution >= 4 is 12.0 Å². The summed E-state index contributed by atoms with van der Waals surface area (Å²) in [4.78, 5) is 27.4. The molecule has 1 aliphatic heterocycles. The summed E-state index contributed by atoms with van der Waals surface area (Å²) in [6.07, 6.45) is 4.74. The maximum absolute atomic E-state index is 12.8. The zero-order chi connectivity index (χ0) is 20.1. The first-order valence-electron chi connectivity index (χ1n) is 9.85. The van der Waals surface area contributed by atoms with E-state index in [-0.39, 0.29) is 12.6 Å². The van der Waals surface area contributed by atoms with Crippen LogP contribution in [0, 0.1) is 0 Å². The summed E-state index contributed by atoms with van der Waals surface area (Å²) < 4.78 is 10.5. The first kappa shape index (κ1) is 20.2. The molecule has 1 heterocycles. The Balaban J connectivity index is 1.95. The molecule has 3 rings (SSSR count). The van der Waals surface area contributed by atoms with Crippen molar-refractivity contribution in [2.75, 3.05) is 27.3 Å². The Labute approximate surface area is 166 Å². The molecule has 1 aromatic carbocycles. The van der Waals surface area contributed by atoms with Crippen LogP contribution in [-0.4, -0.2) is 50.3 Å². The third-order valence-electron chi connectivity index (χ3n) is 5.45. The van der Waals surface area contributed by atoms with Crippen LogP contribution in [0.25, 0.3) is 0 Å². The fourth-order valence-electron chi connectivity index (χ4n) is 3.96. The number of methoxy groups -OCH3 is 1. The molecule has 1 fully saturated rings. The molecule has 0 radical (unpaired) electrons. The minimum atomic E-state index is -0.564. The van der Waals surface area contributed by atoms with Gasteiger partial charge in [0.05, 0.1) is 25.3 Å². The molecule has 0 spiro atoms. The van der Waals surface area contributed by atoms with Crippen molar-refractivity contribution in [1.29, 1.82) is 0 Å². The van der Waals surface area contributed by atoms with E-state index in [4.69, 9.17) is 9.47 Å². The molecule has 1 atom stereocenters. The molecule has 1 aliphatic carbocycles. The van der Waals surface area contributed by atoms with Crippen molar-refractivity contribution in [1.82, 2.24) is 15.5 Å². The normalized spacial score (nSPS) is 20.1. The van der Waals surface area contributed by atoms with Crippen molar-refractivity contribution in [3.05, 3.63) is 41.1 Å². The molecule has 152 valence electrons. The summed E-state index contributed by atoms with van der Waals surface area (Å²) in [6, 6.07) is 6.93. The summed E-state index contributed by atoms with van der Waals surface area (Å²) in [7, 11) is 3.64. The van der Waals surface area contributed by atoms with Crippen LogP contribution in [0.1, 0.15) is 44.2 Å². The topological polar surface area (TPSA) is 79.9 Å². The number of carbonyl (C=O) groups excluding carboxylic acids is 2. The lowest BCUT2D eigenvalue weighted by Crippen LogP contribution is -2.49. The maximum Gasteiger partial charge on any atom is 0.338 e. The second kappa shape index (κ2) is 9.10. The van der Waals surface area contributed by atoms with Gasteiger partial charge in [-0.25, -0.2) is 9.59 Å². The van der Waals surface area contributed by atoms with E-state index < -0.39 is 12.0 Å². The largest absolute Gasteiger partial charge is 0.497 e. The summed E-state index contributed by atoms with van der Waals surface area (Å²) >= 11 is 0. The number of carbonyl (C=O) groups is 2. The fourth-order valence-corrected chi connectivity index (χ4v) is 3.96. The fraction of sp³-hybridized carbons (Fsp3) is 0.524. The lowest BCUT2D eigenvalue weighted by atomic mass is 9.94. The van der Waals surface area contributed by atoms with Gasteiger partial charge in [-0.1, -0.05) is 25.0 Å². The molecular formula is C21H29N3O4. The van der Waals surface area contributed by atoms with Gasteiger partial charge in [0.2, 0.25) is 0 Å². The minimum absolute atomic E-state index is 0.275. The van der Waals surface area contributed by atoms with Crippen LogP contribution in [0.2, 0.25) is 0 Å². The third kappa shape index (κ3) is 4.47. The Morgan fingerprint density at radius 2 is 1.89 bits per heavy atom. The average Bonchev–Trinajstić information content (AvgIpc) is 3.22. The van der Waals surface area contributed by atoms with Gasteiger partial charge >= 0.3 is 12.0 Å². The summed E-state index contributed by atoms with van der Waals surface area (Å²) in [5.74, 6) is 0.303. The van der Waals surface area contributed by atoms with E-state index in [1.807, 2.05) is 31.3 Å². The Hall–Kier alpha value is -2.54. The molecule has 1 unspecified atom stereocenters. The lowest BCUT2D eigenvalue weighted by molar-refractivity contribution is -0.139. The molecular weight excluding hydrogens is 358 g/mol. The van der Waals surface area contributed by atoms with Crippen molar-refractivity contribution in [3.63, 3.8) is 0 Å². The number of urea groups is 1. The lowest BCUT2D eigenvalue weighted by Gasteiger charge is -2.32. The Bertz CT molecular complexity index is 739. The predicted molar refractivity (Wildman–Crippen MR) is 106 cm³/mol. The van der Waals surface area contributed by atoms with Gasteiger partial charge < -0.3 is 20.1 Å². The van der Waals surface area contributed by atoms with E-state index in [1.54, 1.807) is 14.0 Å². The van der Waals surface area contributed by atoms with Gasteiger partial charge in [-0.2, -0.15) is 0 Å². The zero-order valence-electron chi connectivity index (χ0n) is 16.8. The van der Waals surface area contributed by atoms with Crippen molar-refractivity contribution in [3.8, 4) is 5.75 Å². The molecule has 2 N–H and O–H groups in total. The van der Waals surface area contributed by atoms with Crippen LogP contribution in [0.5, 0.6) is 5.75 Å². The van der Waals surface area contributed by atoms with Gasteiger partial charge in [-0.3, -0.25) is 4.90 Å². The standard InChI is InChI=1S/C21H29N3O4/c1-4-28-20(25)18-17(13-24(2)15-7-5-6-8-15)22-21(26)23-19(18)14-9-11-16(27-3)12-10-14/h9-12,15,19H,4-8,13H2,1-3H3,(H2,22,23,26). The Kier molecular flexibility index (Phi) is 6.57. The third-order valence-corrected chi connectivity index (χ3v) is 5.45. The second-order valence-electron chi connectivity index (χ2n) is 7.27. The smallest absolute Gasteiger partial charge is 0.338 e. The van der Waals surface area contributed by atoms with E-state index in [0.29, 0.717) is 29.6 Å². The number of hydrogen-bond acceptors (Lipinski definition) is 5. The minimum Gasteiger partial charge on any atom is -0.497 e. The number of esters is 1. The van der Waals surface area contributed by atoms with Crippen molar-refractivity contribution in [2.24, 2.45) is 0 Å². The zero-order valence-corrected chi connectivity index (χ0v) is 16.8. The van der Waals surface area contributed by atoms with Crippen molar-refractivity contribution < 1.29 is 19.1 Å². The highest BCUT2D eigenvalue weighted by Crippen LogP contribution is 2.30. The Morgan fingerprint density at radius 3 is 2.50 bits per heavy atom. The average molecular weight is 387 g/mol. The van der Waals surface area contributed by atoms with Crippen LogP contribution in [0.15, 0.2) is 35.5 Å². The number of amides is 2. The number of rotatable bonds is 7. The molecule has 0 aromatic heterocycles.